The third-order valence-corrected chi connectivity index (χ3v) is 3.72. The van der Waals surface area contributed by atoms with Gasteiger partial charge in [-0.05, 0) is 30.5 Å². The molecule has 2 aromatic rings. The molecule has 0 aromatic heterocycles. The van der Waals surface area contributed by atoms with Crippen LogP contribution in [0.15, 0.2) is 48.5 Å². The zero-order chi connectivity index (χ0) is 13.9. The van der Waals surface area contributed by atoms with Crippen LogP contribution in [0, 0.1) is 5.82 Å². The van der Waals surface area contributed by atoms with Crippen LogP contribution in [0.5, 0.6) is 0 Å². The fourth-order valence-electron chi connectivity index (χ4n) is 2.70. The van der Waals surface area contributed by atoms with Crippen molar-refractivity contribution in [2.75, 3.05) is 6.73 Å². The highest BCUT2D eigenvalue weighted by Crippen LogP contribution is 2.32. The van der Waals surface area contributed by atoms with Gasteiger partial charge in [-0.1, -0.05) is 42.5 Å². The highest BCUT2D eigenvalue weighted by Gasteiger charge is 2.24. The van der Waals surface area contributed by atoms with Gasteiger partial charge in [0.1, 0.15) is 11.9 Å². The third kappa shape index (κ3) is 2.60. The Morgan fingerprint density at radius 3 is 2.70 bits per heavy atom. The molecule has 1 aliphatic heterocycles. The van der Waals surface area contributed by atoms with E-state index in [2.05, 4.69) is 12.2 Å². The molecule has 2 nitrogen and oxygen atoms in total. The molecule has 0 amide bonds. The van der Waals surface area contributed by atoms with E-state index in [1.54, 1.807) is 6.07 Å². The number of halogens is 1. The average Bonchev–Trinajstić information content (AvgIpc) is 2.44. The number of ether oxygens (including phenoxy) is 1. The van der Waals surface area contributed by atoms with E-state index in [9.17, 15) is 4.39 Å². The summed E-state index contributed by atoms with van der Waals surface area (Å²) in [5, 5.41) is 3.30. The van der Waals surface area contributed by atoms with Gasteiger partial charge in [-0.2, -0.15) is 0 Å². The summed E-state index contributed by atoms with van der Waals surface area (Å²) in [6.45, 7) is 2.51. The van der Waals surface area contributed by atoms with Crippen molar-refractivity contribution in [2.24, 2.45) is 0 Å². The third-order valence-electron chi connectivity index (χ3n) is 3.72. The van der Waals surface area contributed by atoms with Crippen LogP contribution in [-0.4, -0.2) is 12.8 Å². The molecule has 0 bridgehead atoms. The van der Waals surface area contributed by atoms with Gasteiger partial charge >= 0.3 is 0 Å². The molecular weight excluding hydrogens is 253 g/mol. The summed E-state index contributed by atoms with van der Waals surface area (Å²) in [6.07, 6.45) is 0.451. The highest BCUT2D eigenvalue weighted by atomic mass is 19.1. The molecule has 104 valence electrons. The maximum absolute atomic E-state index is 14.3. The second-order valence-electron chi connectivity index (χ2n) is 5.22. The standard InChI is InChI=1S/C17H18FNO/c1-12-10-14-8-5-9-15(18)16(14)17(20-11-19-12)13-6-3-2-4-7-13/h2-9,12,17,19H,10-11H2,1H3. The van der Waals surface area contributed by atoms with Crippen molar-refractivity contribution in [1.29, 1.82) is 0 Å². The molecule has 3 rings (SSSR count). The minimum Gasteiger partial charge on any atom is -0.354 e. The number of fused-ring (bicyclic) bond motifs is 1. The summed E-state index contributed by atoms with van der Waals surface area (Å²) in [7, 11) is 0. The molecule has 0 spiro atoms. The molecule has 0 radical (unpaired) electrons. The summed E-state index contributed by atoms with van der Waals surface area (Å²) in [4.78, 5) is 0. The van der Waals surface area contributed by atoms with Crippen LogP contribution in [0.1, 0.15) is 29.7 Å². The van der Waals surface area contributed by atoms with E-state index < -0.39 is 0 Å². The van der Waals surface area contributed by atoms with Gasteiger partial charge < -0.3 is 4.74 Å². The molecule has 2 aromatic carbocycles. The summed E-state index contributed by atoms with van der Waals surface area (Å²) in [6, 6.07) is 15.4. The molecule has 2 atom stereocenters. The molecule has 2 unspecified atom stereocenters. The topological polar surface area (TPSA) is 21.3 Å². The first-order valence-electron chi connectivity index (χ1n) is 6.93. The molecule has 0 aliphatic carbocycles. The van der Waals surface area contributed by atoms with Crippen LogP contribution in [0.2, 0.25) is 0 Å². The van der Waals surface area contributed by atoms with E-state index in [4.69, 9.17) is 4.74 Å². The van der Waals surface area contributed by atoms with Crippen LogP contribution in [0.3, 0.4) is 0 Å². The molecule has 0 saturated carbocycles. The molecular formula is C17H18FNO. The maximum atomic E-state index is 14.3. The van der Waals surface area contributed by atoms with E-state index in [1.807, 2.05) is 36.4 Å². The first-order chi connectivity index (χ1) is 9.75. The summed E-state index contributed by atoms with van der Waals surface area (Å²) in [5.74, 6) is -0.189. The number of benzene rings is 2. The molecule has 1 N–H and O–H groups in total. The summed E-state index contributed by atoms with van der Waals surface area (Å²) < 4.78 is 20.2. The van der Waals surface area contributed by atoms with E-state index in [0.717, 1.165) is 17.5 Å². The Kier molecular flexibility index (Phi) is 3.81. The van der Waals surface area contributed by atoms with Crippen molar-refractivity contribution in [3.63, 3.8) is 0 Å². The first-order valence-corrected chi connectivity index (χ1v) is 6.93. The zero-order valence-electron chi connectivity index (χ0n) is 11.5. The molecule has 20 heavy (non-hydrogen) atoms. The predicted octanol–water partition coefficient (Wildman–Crippen LogP) is 3.42. The Labute approximate surface area is 118 Å². The van der Waals surface area contributed by atoms with Crippen molar-refractivity contribution in [3.05, 3.63) is 71.0 Å². The minimum absolute atomic E-state index is 0.189. The lowest BCUT2D eigenvalue weighted by atomic mass is 9.92. The normalized spacial score (nSPS) is 22.7. The van der Waals surface area contributed by atoms with Crippen LogP contribution in [-0.2, 0) is 11.2 Å². The van der Waals surface area contributed by atoms with Crippen molar-refractivity contribution in [2.45, 2.75) is 25.5 Å². The summed E-state index contributed by atoms with van der Waals surface area (Å²) >= 11 is 0. The fraction of sp³-hybridized carbons (Fsp3) is 0.294. The van der Waals surface area contributed by atoms with Gasteiger partial charge in [-0.15, -0.1) is 0 Å². The Hall–Kier alpha value is -1.71. The Morgan fingerprint density at radius 2 is 1.90 bits per heavy atom. The smallest absolute Gasteiger partial charge is 0.129 e. The van der Waals surface area contributed by atoms with E-state index in [1.165, 1.54) is 6.07 Å². The lowest BCUT2D eigenvalue weighted by Crippen LogP contribution is -2.34. The average molecular weight is 271 g/mol. The lowest BCUT2D eigenvalue weighted by molar-refractivity contribution is 0.0531. The SMILES string of the molecule is CC1Cc2cccc(F)c2C(c2ccccc2)OCN1. The van der Waals surface area contributed by atoms with Gasteiger partial charge in [0.25, 0.3) is 0 Å². The molecule has 3 heteroatoms. The van der Waals surface area contributed by atoms with Gasteiger partial charge in [-0.25, -0.2) is 4.39 Å². The van der Waals surface area contributed by atoms with Gasteiger partial charge in [0, 0.05) is 11.6 Å². The van der Waals surface area contributed by atoms with E-state index >= 15 is 0 Å². The number of hydrogen-bond donors (Lipinski definition) is 1. The van der Waals surface area contributed by atoms with Crippen LogP contribution < -0.4 is 5.32 Å². The largest absolute Gasteiger partial charge is 0.354 e. The van der Waals surface area contributed by atoms with Crippen LogP contribution in [0.4, 0.5) is 4.39 Å². The Morgan fingerprint density at radius 1 is 1.10 bits per heavy atom. The predicted molar refractivity (Wildman–Crippen MR) is 76.9 cm³/mol. The summed E-state index contributed by atoms with van der Waals surface area (Å²) in [5.41, 5.74) is 2.67. The molecule has 0 saturated heterocycles. The van der Waals surface area contributed by atoms with Crippen molar-refractivity contribution >= 4 is 0 Å². The molecule has 0 fully saturated rings. The van der Waals surface area contributed by atoms with Crippen molar-refractivity contribution < 1.29 is 9.13 Å². The zero-order valence-corrected chi connectivity index (χ0v) is 11.5. The van der Waals surface area contributed by atoms with Gasteiger partial charge in [0.2, 0.25) is 0 Å². The minimum atomic E-state index is -0.354. The quantitative estimate of drug-likeness (QED) is 0.858. The lowest BCUT2D eigenvalue weighted by Gasteiger charge is -2.27. The van der Waals surface area contributed by atoms with Crippen molar-refractivity contribution in [1.82, 2.24) is 5.32 Å². The Bertz CT molecular complexity index is 585. The maximum Gasteiger partial charge on any atom is 0.129 e. The van der Waals surface area contributed by atoms with Crippen LogP contribution in [0.25, 0.3) is 0 Å². The van der Waals surface area contributed by atoms with Gasteiger partial charge in [-0.3, -0.25) is 5.32 Å². The molecule has 1 heterocycles. The second-order valence-corrected chi connectivity index (χ2v) is 5.22. The monoisotopic (exact) mass is 271 g/mol. The highest BCUT2D eigenvalue weighted by molar-refractivity contribution is 5.38. The van der Waals surface area contributed by atoms with Gasteiger partial charge in [0.15, 0.2) is 0 Å². The van der Waals surface area contributed by atoms with Crippen LogP contribution >= 0.6 is 0 Å². The number of hydrogen-bond acceptors (Lipinski definition) is 2. The van der Waals surface area contributed by atoms with Gasteiger partial charge in [0.05, 0.1) is 6.73 Å². The first kappa shape index (κ1) is 13.3. The van der Waals surface area contributed by atoms with Crippen molar-refractivity contribution in [3.8, 4) is 0 Å². The Balaban J connectivity index is 2.10. The number of rotatable bonds is 1. The second kappa shape index (κ2) is 5.73. The number of nitrogens with one attached hydrogen (secondary N) is 1. The fourth-order valence-corrected chi connectivity index (χ4v) is 2.70. The van der Waals surface area contributed by atoms with E-state index in [-0.39, 0.29) is 18.0 Å². The molecule has 1 aliphatic rings. The van der Waals surface area contributed by atoms with E-state index in [0.29, 0.717) is 12.3 Å².